The first-order chi connectivity index (χ1) is 6.31. The summed E-state index contributed by atoms with van der Waals surface area (Å²) in [5.41, 5.74) is 0. The quantitative estimate of drug-likeness (QED) is 0.668. The molecular weight excluding hydrogens is 180 g/mol. The lowest BCUT2D eigenvalue weighted by atomic mass is 10.1. The van der Waals surface area contributed by atoms with Crippen LogP contribution in [0.2, 0.25) is 0 Å². The summed E-state index contributed by atoms with van der Waals surface area (Å²) in [6.07, 6.45) is 0. The average Bonchev–Trinajstić information content (AvgIpc) is 2.18. The molecule has 0 fully saturated rings. The van der Waals surface area contributed by atoms with Gasteiger partial charge in [0, 0.05) is 10.3 Å². The highest BCUT2D eigenvalue weighted by molar-refractivity contribution is 7.80. The van der Waals surface area contributed by atoms with Gasteiger partial charge in [-0.05, 0) is 23.6 Å². The fraction of sp³-hybridized carbons (Fsp3) is 0.0909. The third-order valence-corrected chi connectivity index (χ3v) is 2.41. The number of hydrogen-bond acceptors (Lipinski definition) is 1. The Balaban J connectivity index is 2.74. The summed E-state index contributed by atoms with van der Waals surface area (Å²) < 4.78 is 5.13. The number of ether oxygens (including phenoxy) is 1. The molecule has 0 atom stereocenters. The molecule has 0 spiro atoms. The van der Waals surface area contributed by atoms with E-state index in [1.807, 2.05) is 36.4 Å². The second kappa shape index (κ2) is 3.23. The zero-order valence-corrected chi connectivity index (χ0v) is 8.10. The van der Waals surface area contributed by atoms with E-state index in [9.17, 15) is 0 Å². The van der Waals surface area contributed by atoms with Gasteiger partial charge in [-0.15, -0.1) is 0 Å². The highest BCUT2D eigenvalue weighted by Crippen LogP contribution is 2.25. The van der Waals surface area contributed by atoms with Crippen LogP contribution in [0.4, 0.5) is 0 Å². The summed E-state index contributed by atoms with van der Waals surface area (Å²) >= 11 is 5.21. The summed E-state index contributed by atoms with van der Waals surface area (Å²) in [5, 5.41) is 2.24. The molecule has 65 valence electrons. The molecule has 13 heavy (non-hydrogen) atoms. The summed E-state index contributed by atoms with van der Waals surface area (Å²) in [5.74, 6) is 0.852. The molecule has 1 nitrogen and oxygen atoms in total. The molecule has 2 heteroatoms. The topological polar surface area (TPSA) is 9.23 Å². The maximum atomic E-state index is 5.21. The Morgan fingerprint density at radius 2 is 2.00 bits per heavy atom. The minimum atomic E-state index is 0.852. The van der Waals surface area contributed by atoms with Crippen LogP contribution in [0.1, 0.15) is 0 Å². The van der Waals surface area contributed by atoms with E-state index in [2.05, 4.69) is 0 Å². The monoisotopic (exact) mass is 189 g/mol. The van der Waals surface area contributed by atoms with Gasteiger partial charge >= 0.3 is 0 Å². The minimum Gasteiger partial charge on any atom is -0.497 e. The molecule has 2 rings (SSSR count). The van der Waals surface area contributed by atoms with Crippen LogP contribution in [0.3, 0.4) is 0 Å². The van der Waals surface area contributed by atoms with Crippen molar-refractivity contribution in [2.24, 2.45) is 0 Å². The maximum Gasteiger partial charge on any atom is 0.119 e. The van der Waals surface area contributed by atoms with E-state index in [1.54, 1.807) is 7.11 Å². The predicted octanol–water partition coefficient (Wildman–Crippen LogP) is 3.40. The van der Waals surface area contributed by atoms with Gasteiger partial charge in [-0.2, -0.15) is 0 Å². The zero-order valence-electron chi connectivity index (χ0n) is 7.28. The van der Waals surface area contributed by atoms with Gasteiger partial charge in [-0.3, -0.25) is 0 Å². The molecule has 0 saturated carbocycles. The first kappa shape index (κ1) is 8.32. The molecule has 0 bridgehead atoms. The van der Waals surface area contributed by atoms with Gasteiger partial charge < -0.3 is 4.74 Å². The van der Waals surface area contributed by atoms with Gasteiger partial charge in [-0.25, -0.2) is 0 Å². The van der Waals surface area contributed by atoms with Gasteiger partial charge in [-0.1, -0.05) is 30.8 Å². The van der Waals surface area contributed by atoms with Crippen LogP contribution in [-0.4, -0.2) is 7.11 Å². The van der Waals surface area contributed by atoms with Crippen LogP contribution in [0.25, 0.3) is 10.8 Å². The molecule has 0 heterocycles. The van der Waals surface area contributed by atoms with Crippen molar-refractivity contribution in [3.05, 3.63) is 36.4 Å². The van der Waals surface area contributed by atoms with Crippen molar-refractivity contribution in [2.75, 3.05) is 7.11 Å². The van der Waals surface area contributed by atoms with Crippen molar-refractivity contribution in [2.45, 2.75) is 4.90 Å². The Hall–Kier alpha value is -1.28. The fourth-order valence-corrected chi connectivity index (χ4v) is 1.61. The van der Waals surface area contributed by atoms with E-state index < -0.39 is 0 Å². The third kappa shape index (κ3) is 1.45. The third-order valence-electron chi connectivity index (χ3n) is 2.05. The van der Waals surface area contributed by atoms with Gasteiger partial charge in [0.05, 0.1) is 7.11 Å². The molecule has 0 N–H and O–H groups in total. The molecule has 2 aromatic carbocycles. The van der Waals surface area contributed by atoms with E-state index in [1.165, 1.54) is 0 Å². The molecule has 0 unspecified atom stereocenters. The second-order valence-electron chi connectivity index (χ2n) is 2.84. The molecule has 0 aromatic heterocycles. The molecule has 0 aliphatic heterocycles. The van der Waals surface area contributed by atoms with Crippen molar-refractivity contribution >= 4 is 23.4 Å². The summed E-state index contributed by atoms with van der Waals surface area (Å²) in [6, 6.07) is 11.9. The van der Waals surface area contributed by atoms with Gasteiger partial charge in [0.1, 0.15) is 5.75 Å². The minimum absolute atomic E-state index is 0.852. The molecule has 1 radical (unpaired) electrons. The van der Waals surface area contributed by atoms with Gasteiger partial charge in [0.25, 0.3) is 0 Å². The fourth-order valence-electron chi connectivity index (χ4n) is 1.35. The Morgan fingerprint density at radius 1 is 1.15 bits per heavy atom. The lowest BCUT2D eigenvalue weighted by Crippen LogP contribution is -1.82. The summed E-state index contributed by atoms with van der Waals surface area (Å²) in [7, 11) is 1.66. The Morgan fingerprint density at radius 3 is 2.77 bits per heavy atom. The van der Waals surface area contributed by atoms with Crippen LogP contribution in [0.5, 0.6) is 5.75 Å². The normalized spacial score (nSPS) is 10.2. The lowest BCUT2D eigenvalue weighted by Gasteiger charge is -2.03. The maximum absolute atomic E-state index is 5.21. The standard InChI is InChI=1S/C11H9OS/c1-12-9-6-5-8-3-2-4-11(13)10(8)7-9/h2-7H,1H3. The highest BCUT2D eigenvalue weighted by Gasteiger charge is 1.99. The van der Waals surface area contributed by atoms with E-state index in [4.69, 9.17) is 17.4 Å². The number of benzene rings is 2. The molecule has 0 aliphatic rings. The SMILES string of the molecule is COc1ccc2cccc([S])c2c1. The Labute approximate surface area is 82.7 Å². The Bertz CT molecular complexity index is 437. The molecular formula is C11H9OS. The molecule has 0 aliphatic carbocycles. The van der Waals surface area contributed by atoms with E-state index in [-0.39, 0.29) is 0 Å². The largest absolute Gasteiger partial charge is 0.497 e. The summed E-state index contributed by atoms with van der Waals surface area (Å²) in [6.45, 7) is 0. The van der Waals surface area contributed by atoms with Crippen molar-refractivity contribution < 1.29 is 4.74 Å². The number of rotatable bonds is 1. The molecule has 0 amide bonds. The van der Waals surface area contributed by atoms with E-state index >= 15 is 0 Å². The smallest absolute Gasteiger partial charge is 0.119 e. The Kier molecular flexibility index (Phi) is 2.07. The first-order valence-electron chi connectivity index (χ1n) is 4.05. The number of methoxy groups -OCH3 is 1. The van der Waals surface area contributed by atoms with Crippen molar-refractivity contribution in [1.82, 2.24) is 0 Å². The predicted molar refractivity (Wildman–Crippen MR) is 56.4 cm³/mol. The van der Waals surface area contributed by atoms with Gasteiger partial charge in [0.2, 0.25) is 0 Å². The average molecular weight is 189 g/mol. The van der Waals surface area contributed by atoms with E-state index in [0.29, 0.717) is 0 Å². The molecule has 0 saturated heterocycles. The first-order valence-corrected chi connectivity index (χ1v) is 4.46. The van der Waals surface area contributed by atoms with E-state index in [0.717, 1.165) is 21.4 Å². The van der Waals surface area contributed by atoms with Crippen LogP contribution in [0.15, 0.2) is 41.3 Å². The molecule has 2 aromatic rings. The number of fused-ring (bicyclic) bond motifs is 1. The summed E-state index contributed by atoms with van der Waals surface area (Å²) in [4.78, 5) is 0.872. The van der Waals surface area contributed by atoms with Crippen LogP contribution in [-0.2, 0) is 0 Å². The van der Waals surface area contributed by atoms with Crippen molar-refractivity contribution in [1.29, 1.82) is 0 Å². The van der Waals surface area contributed by atoms with Crippen molar-refractivity contribution in [3.63, 3.8) is 0 Å². The van der Waals surface area contributed by atoms with Crippen LogP contribution < -0.4 is 4.74 Å². The van der Waals surface area contributed by atoms with Gasteiger partial charge in [0.15, 0.2) is 0 Å². The lowest BCUT2D eigenvalue weighted by molar-refractivity contribution is 0.415. The second-order valence-corrected chi connectivity index (χ2v) is 3.28. The van der Waals surface area contributed by atoms with Crippen molar-refractivity contribution in [3.8, 4) is 5.75 Å². The zero-order chi connectivity index (χ0) is 9.26. The van der Waals surface area contributed by atoms with Crippen LogP contribution >= 0.6 is 12.6 Å². The van der Waals surface area contributed by atoms with Crippen LogP contribution in [0, 0.1) is 0 Å². The highest BCUT2D eigenvalue weighted by atomic mass is 32.1. The number of hydrogen-bond donors (Lipinski definition) is 0.